The highest BCUT2D eigenvalue weighted by atomic mass is 16.4. The van der Waals surface area contributed by atoms with E-state index in [2.05, 4.69) is 62.0 Å². The van der Waals surface area contributed by atoms with Crippen molar-refractivity contribution in [2.24, 2.45) is 0 Å². The lowest BCUT2D eigenvalue weighted by molar-refractivity contribution is -0.145. The third-order valence-electron chi connectivity index (χ3n) is 6.56. The highest BCUT2D eigenvalue weighted by Gasteiger charge is 2.53. The number of Topliss-reactive ketones (excluding diaryl/α,β-unsaturated/α-hetero) is 6. The van der Waals surface area contributed by atoms with Gasteiger partial charge in [-0.3, -0.25) is 28.8 Å². The largest absolute Gasteiger partial charge is 0.478 e. The van der Waals surface area contributed by atoms with Crippen LogP contribution in [-0.4, -0.2) is 121 Å². The summed E-state index contributed by atoms with van der Waals surface area (Å²) >= 11 is 0. The van der Waals surface area contributed by atoms with Gasteiger partial charge in [0, 0.05) is 6.42 Å². The molecule has 0 bridgehead atoms. The molecule has 0 radical (unpaired) electrons. The smallest absolute Gasteiger partial charge is 0.353 e. The van der Waals surface area contributed by atoms with Gasteiger partial charge in [0.2, 0.25) is 41.4 Å². The molecule has 284 valence electrons. The van der Waals surface area contributed by atoms with E-state index in [1.165, 1.54) is 41.5 Å². The predicted octanol–water partition coefficient (Wildman–Crippen LogP) is -0.468. The molecule has 2 aromatic rings. The normalized spacial score (nSPS) is 10.9. The summed E-state index contributed by atoms with van der Waals surface area (Å²) in [6.45, 7) is 7.79. The van der Waals surface area contributed by atoms with Gasteiger partial charge in [-0.25, -0.2) is 25.7 Å². The van der Waals surface area contributed by atoms with Crippen molar-refractivity contribution in [2.75, 3.05) is 70.6 Å². The minimum absolute atomic E-state index is 0.189. The average molecular weight is 731 g/mol. The van der Waals surface area contributed by atoms with Gasteiger partial charge in [-0.1, -0.05) is 13.3 Å². The number of nitrogens with one attached hydrogen (secondary N) is 6. The molecular weight excluding hydrogens is 684 g/mol. The van der Waals surface area contributed by atoms with E-state index in [4.69, 9.17) is 0 Å². The van der Waals surface area contributed by atoms with E-state index in [1.54, 1.807) is 6.92 Å². The molecule has 0 amide bonds. The highest BCUT2D eigenvalue weighted by molar-refractivity contribution is 5.88. The number of unbranched alkanes of at least 4 members (excludes halogenated alkanes) is 1. The molecule has 2 rings (SSSR count). The van der Waals surface area contributed by atoms with Crippen molar-refractivity contribution in [1.82, 2.24) is 40.8 Å². The summed E-state index contributed by atoms with van der Waals surface area (Å²) in [4.78, 5) is 112. The number of aromatic nitrogens is 6. The van der Waals surface area contributed by atoms with E-state index in [9.17, 15) is 38.7 Å². The number of carboxylic acid groups (broad SMARTS) is 1. The van der Waals surface area contributed by atoms with Crippen LogP contribution in [0, 0.1) is 0 Å². The number of aliphatic carboxylic acids is 1. The van der Waals surface area contributed by atoms with Crippen LogP contribution in [0.2, 0.25) is 0 Å². The summed E-state index contributed by atoms with van der Waals surface area (Å²) in [5.74, 6) is -5.11. The predicted molar refractivity (Wildman–Crippen MR) is 189 cm³/mol. The van der Waals surface area contributed by atoms with Crippen LogP contribution in [0.3, 0.4) is 0 Å². The molecular formula is C30H46N14O8. The molecule has 0 aliphatic heterocycles. The lowest BCUT2D eigenvalue weighted by Crippen LogP contribution is -2.74. The van der Waals surface area contributed by atoms with Crippen LogP contribution in [0.5, 0.6) is 0 Å². The molecule has 0 saturated heterocycles. The zero-order valence-electron chi connectivity index (χ0n) is 30.2. The molecule has 0 aliphatic carbocycles. The van der Waals surface area contributed by atoms with Crippen molar-refractivity contribution < 1.29 is 38.7 Å². The van der Waals surface area contributed by atoms with Gasteiger partial charge in [0.1, 0.15) is 34.7 Å². The van der Waals surface area contributed by atoms with Crippen LogP contribution < -0.4 is 42.1 Å². The summed E-state index contributed by atoms with van der Waals surface area (Å²) < 4.78 is 0. The Kier molecular flexibility index (Phi) is 16.4. The van der Waals surface area contributed by atoms with E-state index >= 15 is 0 Å². The Morgan fingerprint density at radius 3 is 1.04 bits per heavy atom. The first-order valence-corrected chi connectivity index (χ1v) is 16.2. The number of hydrogen-bond donors (Lipinski definition) is 7. The number of anilines is 6. The topological polar surface area (TPSA) is 296 Å². The van der Waals surface area contributed by atoms with Gasteiger partial charge in [0.25, 0.3) is 0 Å². The van der Waals surface area contributed by atoms with Crippen LogP contribution >= 0.6 is 0 Å². The molecule has 22 nitrogen and oxygen atoms in total. The molecule has 2 heterocycles. The lowest BCUT2D eigenvalue weighted by Gasteiger charge is -2.47. The fourth-order valence-corrected chi connectivity index (χ4v) is 4.22. The van der Waals surface area contributed by atoms with Gasteiger partial charge in [-0.15, -0.1) is 0 Å². The highest BCUT2D eigenvalue weighted by Crippen LogP contribution is 2.33. The Bertz CT molecular complexity index is 1460. The molecule has 7 N–H and O–H groups in total. The number of hydrazine groups is 2. The second-order valence-corrected chi connectivity index (χ2v) is 11.8. The zero-order valence-corrected chi connectivity index (χ0v) is 30.2. The summed E-state index contributed by atoms with van der Waals surface area (Å²) in [5, 5.41) is 24.2. The summed E-state index contributed by atoms with van der Waals surface area (Å²) in [7, 11) is 0. The molecule has 0 atom stereocenters. The first-order chi connectivity index (χ1) is 24.5. The summed E-state index contributed by atoms with van der Waals surface area (Å²) in [5.41, 5.74) is 3.17. The maximum absolute atomic E-state index is 13.9. The van der Waals surface area contributed by atoms with Gasteiger partial charge < -0.3 is 26.4 Å². The van der Waals surface area contributed by atoms with Crippen LogP contribution in [0.25, 0.3) is 0 Å². The quantitative estimate of drug-likeness (QED) is 0.0475. The maximum atomic E-state index is 13.9. The van der Waals surface area contributed by atoms with Gasteiger partial charge >= 0.3 is 5.97 Å². The number of carbonyl (C=O) groups excluding carboxylic acids is 6. The number of carbonyl (C=O) groups is 7. The monoisotopic (exact) mass is 730 g/mol. The fraction of sp³-hybridized carbons (Fsp3) is 0.567. The second-order valence-electron chi connectivity index (χ2n) is 11.8. The molecule has 2 aromatic heterocycles. The molecule has 0 saturated carbocycles. The summed E-state index contributed by atoms with van der Waals surface area (Å²) in [6.07, 6.45) is 0.401. The van der Waals surface area contributed by atoms with Gasteiger partial charge in [-0.2, -0.15) is 29.9 Å². The first-order valence-electron chi connectivity index (χ1n) is 16.2. The van der Waals surface area contributed by atoms with Gasteiger partial charge in [0.05, 0.1) is 39.3 Å². The third kappa shape index (κ3) is 13.2. The number of ketones is 6. The van der Waals surface area contributed by atoms with E-state index in [0.29, 0.717) is 6.42 Å². The number of hydrogen-bond acceptors (Lipinski definition) is 21. The molecule has 52 heavy (non-hydrogen) atoms. The first kappa shape index (κ1) is 42.4. The van der Waals surface area contributed by atoms with Crippen LogP contribution in [0.1, 0.15) is 67.7 Å². The lowest BCUT2D eigenvalue weighted by atomic mass is 10.0. The number of rotatable bonds is 26. The van der Waals surface area contributed by atoms with Crippen molar-refractivity contribution in [1.29, 1.82) is 0 Å². The van der Waals surface area contributed by atoms with Crippen molar-refractivity contribution in [3.05, 3.63) is 0 Å². The zero-order chi connectivity index (χ0) is 39.0. The number of nitrogens with zero attached hydrogens (tertiary/aromatic N) is 8. The summed E-state index contributed by atoms with van der Waals surface area (Å²) in [6, 6.07) is 0. The molecule has 0 aromatic carbocycles. The molecule has 22 heteroatoms. The molecule has 0 unspecified atom stereocenters. The third-order valence-corrected chi connectivity index (χ3v) is 6.56. The SMILES string of the molecule is CCCCC(C(=O)O)(N(NCC(C)=O)c1nc(NCC(C)=O)nc(NCC(C)=O)n1)N(NCC(C)=O)c1nc(NCC(C)=O)nc(NCC(C)=O)n1. The molecule has 0 aliphatic rings. The van der Waals surface area contributed by atoms with E-state index in [-0.39, 0.29) is 85.9 Å². The standard InChI is InChI=1S/C30H46N14O8/c1-8-9-10-30(23(51)52,43(35-15-21(6)49)28-39-24(31-11-17(2)45)37-25(40-28)32-12-18(3)46)44(36-16-22(7)50)29-41-26(33-13-19(4)47)38-27(42-29)34-14-20(5)48/h35-36H,8-16H2,1-7H3,(H,51,52)(H2,31,32,37,39,40)(H2,33,34,38,41,42). The fourth-order valence-electron chi connectivity index (χ4n) is 4.22. The van der Waals surface area contributed by atoms with Crippen LogP contribution in [0.4, 0.5) is 35.7 Å². The van der Waals surface area contributed by atoms with Crippen molar-refractivity contribution in [3.63, 3.8) is 0 Å². The Balaban J connectivity index is 3.08. The second kappa shape index (κ2) is 20.2. The minimum Gasteiger partial charge on any atom is -0.478 e. The van der Waals surface area contributed by atoms with Crippen LogP contribution in [-0.2, 0) is 33.6 Å². The Morgan fingerprint density at radius 1 is 0.519 bits per heavy atom. The van der Waals surface area contributed by atoms with Crippen molar-refractivity contribution >= 4 is 76.4 Å². The van der Waals surface area contributed by atoms with Crippen molar-refractivity contribution in [2.45, 2.75) is 73.4 Å². The van der Waals surface area contributed by atoms with Gasteiger partial charge in [-0.05, 0) is 48.0 Å². The Labute approximate surface area is 299 Å². The molecule has 0 fully saturated rings. The average Bonchev–Trinajstić information content (AvgIpc) is 3.06. The van der Waals surface area contributed by atoms with E-state index < -0.39 is 48.2 Å². The van der Waals surface area contributed by atoms with E-state index in [0.717, 1.165) is 10.0 Å². The Hall–Kier alpha value is -5.77. The number of carboxylic acids is 1. The molecule has 0 spiro atoms. The van der Waals surface area contributed by atoms with Gasteiger partial charge in [0.15, 0.2) is 0 Å². The maximum Gasteiger partial charge on any atom is 0.353 e. The minimum atomic E-state index is -2.44. The van der Waals surface area contributed by atoms with Crippen molar-refractivity contribution in [3.8, 4) is 0 Å². The van der Waals surface area contributed by atoms with Crippen LogP contribution in [0.15, 0.2) is 0 Å². The van der Waals surface area contributed by atoms with E-state index in [1.807, 2.05) is 0 Å². The Morgan fingerprint density at radius 2 is 0.808 bits per heavy atom.